The van der Waals surface area contributed by atoms with E-state index in [0.717, 1.165) is 0 Å². The van der Waals surface area contributed by atoms with Crippen molar-refractivity contribution in [3.63, 3.8) is 0 Å². The van der Waals surface area contributed by atoms with Crippen molar-refractivity contribution in [3.8, 4) is 6.07 Å². The van der Waals surface area contributed by atoms with E-state index in [1.165, 1.54) is 6.07 Å². The van der Waals surface area contributed by atoms with Crippen molar-refractivity contribution in [1.82, 2.24) is 15.0 Å². The highest BCUT2D eigenvalue weighted by molar-refractivity contribution is 5.05. The monoisotopic (exact) mass is 286 g/mol. The van der Waals surface area contributed by atoms with Gasteiger partial charge in [0.25, 0.3) is 0 Å². The molecule has 1 heterocycles. The first-order valence-corrected chi connectivity index (χ1v) is 4.91. The molecule has 1 aromatic rings. The first-order chi connectivity index (χ1) is 8.64. The van der Waals surface area contributed by atoms with E-state index in [0.29, 0.717) is 0 Å². The summed E-state index contributed by atoms with van der Waals surface area (Å²) in [5, 5.41) is 8.19. The second kappa shape index (κ2) is 6.31. The Kier molecular flexibility index (Phi) is 5.67. The first kappa shape index (κ1) is 17.1. The van der Waals surface area contributed by atoms with E-state index in [9.17, 15) is 26.3 Å². The molecule has 0 radical (unpaired) electrons. The lowest BCUT2D eigenvalue weighted by Gasteiger charge is -2.09. The number of halogens is 6. The van der Waals surface area contributed by atoms with E-state index in [1.807, 2.05) is 13.8 Å². The second-order valence-corrected chi connectivity index (χ2v) is 2.73. The maximum atomic E-state index is 12.2. The van der Waals surface area contributed by atoms with Crippen molar-refractivity contribution in [2.24, 2.45) is 0 Å². The molecule has 106 valence electrons. The zero-order valence-corrected chi connectivity index (χ0v) is 9.76. The van der Waals surface area contributed by atoms with E-state index < -0.39 is 36.2 Å². The summed E-state index contributed by atoms with van der Waals surface area (Å²) in [6.07, 6.45) is -11.0. The van der Waals surface area contributed by atoms with Gasteiger partial charge in [-0.15, -0.1) is 0 Å². The van der Waals surface area contributed by atoms with Gasteiger partial charge >= 0.3 is 12.4 Å². The van der Waals surface area contributed by atoms with E-state index in [1.54, 1.807) is 0 Å². The molecule has 0 saturated heterocycles. The zero-order valence-electron chi connectivity index (χ0n) is 9.76. The lowest BCUT2D eigenvalue weighted by molar-refractivity contribution is -0.155. The Balaban J connectivity index is 0.00000154. The molecule has 0 saturated carbocycles. The van der Waals surface area contributed by atoms with Crippen LogP contribution in [-0.4, -0.2) is 15.0 Å². The molecule has 0 bridgehead atoms. The summed E-state index contributed by atoms with van der Waals surface area (Å²) in [6, 6.07) is 1.35. The van der Waals surface area contributed by atoms with Crippen molar-refractivity contribution in [2.45, 2.75) is 32.6 Å². The van der Waals surface area contributed by atoms with Gasteiger partial charge in [0.1, 0.15) is 5.82 Å². The van der Waals surface area contributed by atoms with Crippen LogP contribution >= 0.6 is 0 Å². The summed E-state index contributed by atoms with van der Waals surface area (Å²) in [5.41, 5.74) is 0. The van der Waals surface area contributed by atoms with Crippen molar-refractivity contribution < 1.29 is 26.3 Å². The summed E-state index contributed by atoms with van der Waals surface area (Å²) in [6.45, 7) is 4.00. The number of hydrogen-bond donors (Lipinski definition) is 0. The number of nitrogens with zero attached hydrogens (tertiary/aromatic N) is 4. The number of aromatic nitrogens is 3. The highest BCUT2D eigenvalue weighted by atomic mass is 19.4. The van der Waals surface area contributed by atoms with Gasteiger partial charge in [-0.1, -0.05) is 13.8 Å². The van der Waals surface area contributed by atoms with E-state index in [4.69, 9.17) is 5.26 Å². The van der Waals surface area contributed by atoms with Gasteiger partial charge < -0.3 is 0 Å². The lowest BCUT2D eigenvalue weighted by atomic mass is 10.4. The van der Waals surface area contributed by atoms with Crippen LogP contribution in [0.5, 0.6) is 0 Å². The number of nitriles is 1. The van der Waals surface area contributed by atoms with Crippen LogP contribution in [0.1, 0.15) is 31.3 Å². The molecule has 10 heteroatoms. The van der Waals surface area contributed by atoms with Gasteiger partial charge in [-0.2, -0.15) is 31.6 Å². The summed E-state index contributed by atoms with van der Waals surface area (Å²) < 4.78 is 73.0. The number of hydrogen-bond acceptors (Lipinski definition) is 4. The third-order valence-corrected chi connectivity index (χ3v) is 1.43. The fraction of sp³-hybridized carbons (Fsp3) is 0.556. The molecule has 0 unspecified atom stereocenters. The quantitative estimate of drug-likeness (QED) is 0.744. The van der Waals surface area contributed by atoms with Gasteiger partial charge in [0.2, 0.25) is 11.6 Å². The molecule has 0 N–H and O–H groups in total. The van der Waals surface area contributed by atoms with Crippen LogP contribution in [0.15, 0.2) is 0 Å². The van der Waals surface area contributed by atoms with Crippen molar-refractivity contribution in [2.75, 3.05) is 0 Å². The summed E-state index contributed by atoms with van der Waals surface area (Å²) in [7, 11) is 0. The van der Waals surface area contributed by atoms with Crippen LogP contribution in [0.2, 0.25) is 0 Å². The second-order valence-electron chi connectivity index (χ2n) is 2.73. The smallest absolute Gasteiger partial charge is 0.208 e. The van der Waals surface area contributed by atoms with E-state index >= 15 is 0 Å². The Labute approximate surface area is 104 Å². The van der Waals surface area contributed by atoms with Gasteiger partial charge in [0.15, 0.2) is 0 Å². The molecule has 0 aliphatic carbocycles. The third-order valence-electron chi connectivity index (χ3n) is 1.43. The molecule has 0 amide bonds. The number of alkyl halides is 6. The van der Waals surface area contributed by atoms with Crippen LogP contribution in [0.25, 0.3) is 0 Å². The summed E-state index contributed by atoms with van der Waals surface area (Å²) in [4.78, 5) is 7.75. The van der Waals surface area contributed by atoms with Gasteiger partial charge in [0, 0.05) is 0 Å². The minimum Gasteiger partial charge on any atom is -0.208 e. The Hall–Kier alpha value is -1.92. The standard InChI is InChI=1S/C7H2F6N4.C2H6/c8-6(9,10)4-15-3(1-2-14)16-5(17-4)7(11,12)13;1-2/h1H2;1-2H3. The van der Waals surface area contributed by atoms with Crippen molar-refractivity contribution >= 4 is 0 Å². The van der Waals surface area contributed by atoms with Crippen molar-refractivity contribution in [3.05, 3.63) is 17.5 Å². The first-order valence-electron chi connectivity index (χ1n) is 4.91. The molecule has 0 spiro atoms. The molecule has 0 fully saturated rings. The molecule has 19 heavy (non-hydrogen) atoms. The minimum absolute atomic E-state index is 0.769. The van der Waals surface area contributed by atoms with Crippen LogP contribution < -0.4 is 0 Å². The topological polar surface area (TPSA) is 62.5 Å². The Morgan fingerprint density at radius 3 is 1.53 bits per heavy atom. The molecule has 0 aromatic carbocycles. The number of rotatable bonds is 1. The molecule has 0 aliphatic heterocycles. The van der Waals surface area contributed by atoms with Gasteiger partial charge in [-0.05, 0) is 0 Å². The third kappa shape index (κ3) is 5.07. The molecule has 0 aliphatic rings. The maximum Gasteiger partial charge on any atom is 0.451 e. The summed E-state index contributed by atoms with van der Waals surface area (Å²) in [5.74, 6) is -4.81. The maximum absolute atomic E-state index is 12.2. The molecule has 1 rings (SSSR count). The van der Waals surface area contributed by atoms with Crippen LogP contribution in [0.3, 0.4) is 0 Å². The normalized spacial score (nSPS) is 11.3. The molecule has 1 aromatic heterocycles. The Bertz CT molecular complexity index is 427. The van der Waals surface area contributed by atoms with Crippen molar-refractivity contribution in [1.29, 1.82) is 5.26 Å². The fourth-order valence-corrected chi connectivity index (χ4v) is 0.823. The SMILES string of the molecule is CC.N#CCc1nc(C(F)(F)F)nc(C(F)(F)F)n1. The fourth-order valence-electron chi connectivity index (χ4n) is 0.823. The van der Waals surface area contributed by atoms with E-state index in [2.05, 4.69) is 15.0 Å². The average molecular weight is 286 g/mol. The van der Waals surface area contributed by atoms with Crippen LogP contribution in [0, 0.1) is 11.3 Å². The Morgan fingerprint density at radius 2 is 1.26 bits per heavy atom. The predicted octanol–water partition coefficient (Wildman–Crippen LogP) is 3.00. The predicted molar refractivity (Wildman–Crippen MR) is 50.5 cm³/mol. The van der Waals surface area contributed by atoms with Gasteiger partial charge in [0.05, 0.1) is 12.5 Å². The molecule has 0 atom stereocenters. The zero-order chi connectivity index (χ0) is 15.3. The minimum atomic E-state index is -5.13. The largest absolute Gasteiger partial charge is 0.451 e. The van der Waals surface area contributed by atoms with Gasteiger partial charge in [-0.25, -0.2) is 15.0 Å². The van der Waals surface area contributed by atoms with Gasteiger partial charge in [-0.3, -0.25) is 0 Å². The van der Waals surface area contributed by atoms with E-state index in [-0.39, 0.29) is 0 Å². The average Bonchev–Trinajstić information content (AvgIpc) is 2.29. The highest BCUT2D eigenvalue weighted by Gasteiger charge is 2.41. The summed E-state index contributed by atoms with van der Waals surface area (Å²) >= 11 is 0. The molecular weight excluding hydrogens is 278 g/mol. The highest BCUT2D eigenvalue weighted by Crippen LogP contribution is 2.30. The molecule has 4 nitrogen and oxygen atoms in total. The Morgan fingerprint density at radius 1 is 0.895 bits per heavy atom. The molecular formula is C9H8F6N4. The van der Waals surface area contributed by atoms with Crippen LogP contribution in [0.4, 0.5) is 26.3 Å². The van der Waals surface area contributed by atoms with Crippen LogP contribution in [-0.2, 0) is 18.8 Å². The lowest BCUT2D eigenvalue weighted by Crippen LogP contribution is -2.20.